The van der Waals surface area contributed by atoms with E-state index < -0.39 is 5.54 Å². The zero-order chi connectivity index (χ0) is 12.9. The Bertz CT molecular complexity index is 247. The molecule has 1 saturated carbocycles. The SMILES string of the molecule is CC(C)N(C)CCCNC(=O)C1(N)CCCC1. The van der Waals surface area contributed by atoms with Crippen LogP contribution in [0.1, 0.15) is 46.0 Å². The number of nitrogens with zero attached hydrogens (tertiary/aromatic N) is 1. The van der Waals surface area contributed by atoms with E-state index in [9.17, 15) is 4.79 Å². The van der Waals surface area contributed by atoms with E-state index in [0.717, 1.165) is 45.2 Å². The Morgan fingerprint density at radius 2 is 2.00 bits per heavy atom. The molecule has 0 aromatic rings. The molecule has 0 atom stereocenters. The van der Waals surface area contributed by atoms with Gasteiger partial charge in [0.2, 0.25) is 5.91 Å². The molecule has 4 nitrogen and oxygen atoms in total. The fourth-order valence-corrected chi connectivity index (χ4v) is 2.20. The molecule has 0 aromatic carbocycles. The Kier molecular flexibility index (Phi) is 5.40. The number of amides is 1. The maximum atomic E-state index is 11.9. The summed E-state index contributed by atoms with van der Waals surface area (Å²) in [6.07, 6.45) is 4.83. The van der Waals surface area contributed by atoms with Crippen molar-refractivity contribution in [2.45, 2.75) is 57.5 Å². The lowest BCUT2D eigenvalue weighted by Gasteiger charge is -2.23. The van der Waals surface area contributed by atoms with Gasteiger partial charge in [-0.3, -0.25) is 4.79 Å². The van der Waals surface area contributed by atoms with Gasteiger partial charge in [0, 0.05) is 12.6 Å². The van der Waals surface area contributed by atoms with Crippen molar-refractivity contribution < 1.29 is 4.79 Å². The minimum Gasteiger partial charge on any atom is -0.354 e. The van der Waals surface area contributed by atoms with Crippen LogP contribution >= 0.6 is 0 Å². The van der Waals surface area contributed by atoms with E-state index in [4.69, 9.17) is 5.73 Å². The van der Waals surface area contributed by atoms with Crippen molar-refractivity contribution in [1.82, 2.24) is 10.2 Å². The quantitative estimate of drug-likeness (QED) is 0.685. The van der Waals surface area contributed by atoms with Crippen molar-refractivity contribution in [2.75, 3.05) is 20.1 Å². The lowest BCUT2D eigenvalue weighted by Crippen LogP contribution is -2.52. The van der Waals surface area contributed by atoms with E-state index in [1.165, 1.54) is 0 Å². The Hall–Kier alpha value is -0.610. The summed E-state index contributed by atoms with van der Waals surface area (Å²) in [5.74, 6) is 0.0437. The Balaban J connectivity index is 2.16. The van der Waals surface area contributed by atoms with E-state index in [0.29, 0.717) is 6.04 Å². The topological polar surface area (TPSA) is 58.4 Å². The van der Waals surface area contributed by atoms with Crippen molar-refractivity contribution >= 4 is 5.91 Å². The fourth-order valence-electron chi connectivity index (χ4n) is 2.20. The highest BCUT2D eigenvalue weighted by molar-refractivity contribution is 5.86. The van der Waals surface area contributed by atoms with Gasteiger partial charge in [0.15, 0.2) is 0 Å². The van der Waals surface area contributed by atoms with Gasteiger partial charge in [-0.05, 0) is 46.7 Å². The molecule has 4 heteroatoms. The first kappa shape index (κ1) is 14.5. The number of rotatable bonds is 6. The van der Waals surface area contributed by atoms with Crippen LogP contribution in [0.15, 0.2) is 0 Å². The van der Waals surface area contributed by atoms with Crippen molar-refractivity contribution in [3.63, 3.8) is 0 Å². The summed E-state index contributed by atoms with van der Waals surface area (Å²) < 4.78 is 0. The van der Waals surface area contributed by atoms with Crippen LogP contribution in [0.2, 0.25) is 0 Å². The first-order valence-electron chi connectivity index (χ1n) is 6.73. The maximum Gasteiger partial charge on any atom is 0.240 e. The second kappa shape index (κ2) is 6.36. The van der Waals surface area contributed by atoms with Gasteiger partial charge in [0.1, 0.15) is 0 Å². The number of nitrogens with one attached hydrogen (secondary N) is 1. The summed E-state index contributed by atoms with van der Waals surface area (Å²) in [5, 5.41) is 2.97. The van der Waals surface area contributed by atoms with E-state index in [-0.39, 0.29) is 5.91 Å². The van der Waals surface area contributed by atoms with Gasteiger partial charge in [0.05, 0.1) is 5.54 Å². The minimum absolute atomic E-state index is 0.0437. The predicted molar refractivity (Wildman–Crippen MR) is 70.8 cm³/mol. The molecule has 0 spiro atoms. The third-order valence-electron chi connectivity index (χ3n) is 3.80. The molecule has 0 heterocycles. The molecule has 1 fully saturated rings. The fraction of sp³-hybridized carbons (Fsp3) is 0.923. The average Bonchev–Trinajstić information content (AvgIpc) is 2.72. The van der Waals surface area contributed by atoms with E-state index >= 15 is 0 Å². The van der Waals surface area contributed by atoms with Crippen molar-refractivity contribution in [1.29, 1.82) is 0 Å². The zero-order valence-electron chi connectivity index (χ0n) is 11.5. The number of hydrogen-bond acceptors (Lipinski definition) is 3. The highest BCUT2D eigenvalue weighted by Gasteiger charge is 2.36. The average molecular weight is 241 g/mol. The zero-order valence-corrected chi connectivity index (χ0v) is 11.5. The molecule has 0 aliphatic heterocycles. The summed E-state index contributed by atoms with van der Waals surface area (Å²) in [6.45, 7) is 6.09. The molecule has 17 heavy (non-hydrogen) atoms. The van der Waals surface area contributed by atoms with Crippen LogP contribution in [0.4, 0.5) is 0 Å². The van der Waals surface area contributed by atoms with E-state index in [1.54, 1.807) is 0 Å². The Morgan fingerprint density at radius 3 is 2.53 bits per heavy atom. The molecule has 0 aromatic heterocycles. The van der Waals surface area contributed by atoms with Crippen LogP contribution in [-0.2, 0) is 4.79 Å². The highest BCUT2D eigenvalue weighted by atomic mass is 16.2. The smallest absolute Gasteiger partial charge is 0.240 e. The summed E-state index contributed by atoms with van der Waals surface area (Å²) in [7, 11) is 2.11. The van der Waals surface area contributed by atoms with Gasteiger partial charge in [-0.15, -0.1) is 0 Å². The summed E-state index contributed by atoms with van der Waals surface area (Å²) in [4.78, 5) is 14.2. The molecule has 1 rings (SSSR count). The van der Waals surface area contributed by atoms with Crippen molar-refractivity contribution in [3.8, 4) is 0 Å². The first-order valence-corrected chi connectivity index (χ1v) is 6.73. The van der Waals surface area contributed by atoms with Crippen LogP contribution in [0.5, 0.6) is 0 Å². The minimum atomic E-state index is -0.579. The van der Waals surface area contributed by atoms with Gasteiger partial charge in [-0.25, -0.2) is 0 Å². The van der Waals surface area contributed by atoms with Crippen LogP contribution in [0.3, 0.4) is 0 Å². The van der Waals surface area contributed by atoms with E-state index in [1.807, 2.05) is 0 Å². The summed E-state index contributed by atoms with van der Waals surface area (Å²) in [5.41, 5.74) is 5.49. The molecule has 1 aliphatic rings. The lowest BCUT2D eigenvalue weighted by molar-refractivity contribution is -0.126. The molecule has 1 amide bonds. The maximum absolute atomic E-state index is 11.9. The summed E-state index contributed by atoms with van der Waals surface area (Å²) >= 11 is 0. The van der Waals surface area contributed by atoms with Gasteiger partial charge in [-0.2, -0.15) is 0 Å². The Labute approximate surface area is 105 Å². The molecule has 0 bridgehead atoms. The number of carbonyl (C=O) groups is 1. The monoisotopic (exact) mass is 241 g/mol. The third kappa shape index (κ3) is 4.28. The van der Waals surface area contributed by atoms with Crippen LogP contribution < -0.4 is 11.1 Å². The lowest BCUT2D eigenvalue weighted by atomic mass is 9.98. The normalized spacial score (nSPS) is 18.9. The molecule has 0 saturated heterocycles. The van der Waals surface area contributed by atoms with Crippen LogP contribution in [-0.4, -0.2) is 42.5 Å². The molecular formula is C13H27N3O. The van der Waals surface area contributed by atoms with Gasteiger partial charge in [0.25, 0.3) is 0 Å². The van der Waals surface area contributed by atoms with Crippen LogP contribution in [0.25, 0.3) is 0 Å². The molecule has 0 unspecified atom stereocenters. The molecule has 3 N–H and O–H groups in total. The van der Waals surface area contributed by atoms with E-state index in [2.05, 4.69) is 31.1 Å². The third-order valence-corrected chi connectivity index (χ3v) is 3.80. The second-order valence-electron chi connectivity index (χ2n) is 5.55. The van der Waals surface area contributed by atoms with Crippen LogP contribution in [0, 0.1) is 0 Å². The van der Waals surface area contributed by atoms with Gasteiger partial charge in [-0.1, -0.05) is 12.8 Å². The number of hydrogen-bond donors (Lipinski definition) is 2. The Morgan fingerprint density at radius 1 is 1.41 bits per heavy atom. The summed E-state index contributed by atoms with van der Waals surface area (Å²) in [6, 6.07) is 0.557. The molecule has 1 aliphatic carbocycles. The molecule has 0 radical (unpaired) electrons. The van der Waals surface area contributed by atoms with Crippen molar-refractivity contribution in [3.05, 3.63) is 0 Å². The first-order chi connectivity index (χ1) is 7.96. The number of nitrogens with two attached hydrogens (primary N) is 1. The largest absolute Gasteiger partial charge is 0.354 e. The highest BCUT2D eigenvalue weighted by Crippen LogP contribution is 2.27. The molecular weight excluding hydrogens is 214 g/mol. The molecule has 100 valence electrons. The van der Waals surface area contributed by atoms with Gasteiger partial charge >= 0.3 is 0 Å². The predicted octanol–water partition coefficient (Wildman–Crippen LogP) is 1.10. The number of carbonyl (C=O) groups excluding carboxylic acids is 1. The standard InChI is InChI=1S/C13H27N3O/c1-11(2)16(3)10-6-9-15-12(17)13(14)7-4-5-8-13/h11H,4-10,14H2,1-3H3,(H,15,17). The second-order valence-corrected chi connectivity index (χ2v) is 5.55. The van der Waals surface area contributed by atoms with Gasteiger partial charge < -0.3 is 16.0 Å². The van der Waals surface area contributed by atoms with Crippen molar-refractivity contribution in [2.24, 2.45) is 5.73 Å².